The van der Waals surface area contributed by atoms with E-state index in [9.17, 15) is 4.79 Å². The van der Waals surface area contributed by atoms with Crippen LogP contribution < -0.4 is 14.2 Å². The van der Waals surface area contributed by atoms with E-state index in [2.05, 4.69) is 31.1 Å². The Kier molecular flexibility index (Phi) is 4.79. The van der Waals surface area contributed by atoms with Gasteiger partial charge in [0, 0.05) is 29.7 Å². The fourth-order valence-electron chi connectivity index (χ4n) is 2.78. The van der Waals surface area contributed by atoms with Crippen LogP contribution in [0.25, 0.3) is 0 Å². The Labute approximate surface area is 155 Å². The van der Waals surface area contributed by atoms with E-state index < -0.39 is 8.07 Å². The average Bonchev–Trinajstić information content (AvgIpc) is 2.74. The Morgan fingerprint density at radius 1 is 1.08 bits per heavy atom. The van der Waals surface area contributed by atoms with Gasteiger partial charge in [0.1, 0.15) is 36.6 Å². The first kappa shape index (κ1) is 18.1. The quantitative estimate of drug-likeness (QED) is 0.581. The predicted octanol–water partition coefficient (Wildman–Crippen LogP) is 4.46. The van der Waals surface area contributed by atoms with Gasteiger partial charge in [-0.2, -0.15) is 0 Å². The zero-order valence-corrected chi connectivity index (χ0v) is 16.7. The second kappa shape index (κ2) is 6.89. The summed E-state index contributed by atoms with van der Waals surface area (Å²) in [4.78, 5) is 13.0. The van der Waals surface area contributed by atoms with Crippen LogP contribution in [0.3, 0.4) is 0 Å². The molecule has 0 aliphatic carbocycles. The van der Waals surface area contributed by atoms with Gasteiger partial charge in [-0.1, -0.05) is 31.6 Å². The molecule has 4 nitrogen and oxygen atoms in total. The Balaban J connectivity index is 2.14. The van der Waals surface area contributed by atoms with E-state index in [4.69, 9.17) is 14.2 Å². The normalized spacial score (nSPS) is 12.7. The fraction of sp³-hybridized carbons (Fsp3) is 0.286. The highest BCUT2D eigenvalue weighted by Gasteiger charge is 2.27. The lowest BCUT2D eigenvalue weighted by molar-refractivity contribution is 0.0990. The van der Waals surface area contributed by atoms with Crippen molar-refractivity contribution in [2.75, 3.05) is 14.2 Å². The number of carbonyl (C=O) groups excluding carboxylic acids is 1. The van der Waals surface area contributed by atoms with E-state index in [0.717, 1.165) is 11.1 Å². The number of ketones is 1. The number of hydrogen-bond acceptors (Lipinski definition) is 4. The molecule has 1 aliphatic rings. The minimum absolute atomic E-state index is 0.0551. The minimum Gasteiger partial charge on any atom is -0.496 e. The van der Waals surface area contributed by atoms with E-state index in [1.54, 1.807) is 19.2 Å². The highest BCUT2D eigenvalue weighted by molar-refractivity contribution is 6.83. The van der Waals surface area contributed by atoms with Crippen molar-refractivity contribution in [1.29, 1.82) is 0 Å². The third-order valence-electron chi connectivity index (χ3n) is 4.04. The van der Waals surface area contributed by atoms with Crippen LogP contribution >= 0.6 is 0 Å². The van der Waals surface area contributed by atoms with Crippen molar-refractivity contribution < 1.29 is 19.0 Å². The lowest BCUT2D eigenvalue weighted by Crippen LogP contribution is -2.16. The number of benzene rings is 2. The van der Waals surface area contributed by atoms with Crippen LogP contribution in [0.15, 0.2) is 30.3 Å². The molecule has 0 N–H and O–H groups in total. The van der Waals surface area contributed by atoms with Crippen LogP contribution in [-0.2, 0) is 6.42 Å². The van der Waals surface area contributed by atoms with Crippen LogP contribution in [-0.4, -0.2) is 28.1 Å². The van der Waals surface area contributed by atoms with Crippen LogP contribution in [0.2, 0.25) is 19.6 Å². The van der Waals surface area contributed by atoms with Crippen LogP contribution in [0.1, 0.15) is 21.5 Å². The van der Waals surface area contributed by atoms with Crippen molar-refractivity contribution in [2.24, 2.45) is 0 Å². The van der Waals surface area contributed by atoms with E-state index in [1.165, 1.54) is 7.11 Å². The van der Waals surface area contributed by atoms with Gasteiger partial charge in [-0.25, -0.2) is 0 Å². The molecule has 0 amide bonds. The average molecular weight is 366 g/mol. The molecule has 0 unspecified atom stereocenters. The summed E-state index contributed by atoms with van der Waals surface area (Å²) in [7, 11) is 1.57. The molecule has 134 valence electrons. The van der Waals surface area contributed by atoms with Crippen molar-refractivity contribution in [3.8, 4) is 34.5 Å². The van der Waals surface area contributed by atoms with Gasteiger partial charge in [0.15, 0.2) is 5.78 Å². The number of fused-ring (bicyclic) bond motifs is 2. The molecular weight excluding hydrogens is 344 g/mol. The Bertz CT molecular complexity index is 929. The van der Waals surface area contributed by atoms with Crippen molar-refractivity contribution >= 4 is 13.9 Å². The largest absolute Gasteiger partial charge is 0.496 e. The first-order valence-electron chi connectivity index (χ1n) is 8.44. The second-order valence-electron chi connectivity index (χ2n) is 7.19. The number of ether oxygens (including phenoxy) is 3. The van der Waals surface area contributed by atoms with Gasteiger partial charge in [0.2, 0.25) is 0 Å². The topological polar surface area (TPSA) is 44.8 Å². The van der Waals surface area contributed by atoms with Gasteiger partial charge >= 0.3 is 0 Å². The third-order valence-corrected chi connectivity index (χ3v) is 4.91. The fourth-order valence-corrected chi connectivity index (χ4v) is 3.29. The molecule has 5 heteroatoms. The van der Waals surface area contributed by atoms with Gasteiger partial charge in [-0.15, -0.1) is 5.54 Å². The van der Waals surface area contributed by atoms with Gasteiger partial charge < -0.3 is 14.2 Å². The molecule has 1 heterocycles. The SMILES string of the molecule is COc1cc(OC)c2c(c1)Oc1cccc(C#C[Si](C)(C)C)c1CC2=O. The Morgan fingerprint density at radius 3 is 2.50 bits per heavy atom. The highest BCUT2D eigenvalue weighted by atomic mass is 28.3. The molecule has 3 rings (SSSR count). The molecule has 2 aromatic rings. The monoisotopic (exact) mass is 366 g/mol. The van der Waals surface area contributed by atoms with E-state index in [1.807, 2.05) is 18.2 Å². The summed E-state index contributed by atoms with van der Waals surface area (Å²) < 4.78 is 16.8. The molecule has 1 aliphatic heterocycles. The molecule has 0 saturated heterocycles. The molecule has 0 aromatic heterocycles. The summed E-state index contributed by atoms with van der Waals surface area (Å²) in [5.74, 6) is 5.33. The number of methoxy groups -OCH3 is 2. The summed E-state index contributed by atoms with van der Waals surface area (Å²) in [5.41, 5.74) is 5.47. The molecule has 2 aromatic carbocycles. The number of carbonyl (C=O) groups is 1. The van der Waals surface area contributed by atoms with Crippen LogP contribution in [0.4, 0.5) is 0 Å². The zero-order chi connectivity index (χ0) is 18.9. The second-order valence-corrected chi connectivity index (χ2v) is 11.9. The first-order valence-corrected chi connectivity index (χ1v) is 11.9. The summed E-state index contributed by atoms with van der Waals surface area (Å²) in [6, 6.07) is 9.12. The van der Waals surface area contributed by atoms with E-state index in [-0.39, 0.29) is 12.2 Å². The maximum absolute atomic E-state index is 13.0. The molecule has 0 spiro atoms. The molecule has 0 saturated carbocycles. The molecule has 0 atom stereocenters. The first-order chi connectivity index (χ1) is 12.3. The van der Waals surface area contributed by atoms with Crippen molar-refractivity contribution in [2.45, 2.75) is 26.1 Å². The molecule has 26 heavy (non-hydrogen) atoms. The van der Waals surface area contributed by atoms with E-state index >= 15 is 0 Å². The molecule has 0 fully saturated rings. The summed E-state index contributed by atoms with van der Waals surface area (Å²) in [5, 5.41) is 0. The smallest absolute Gasteiger partial charge is 0.174 e. The molecule has 0 bridgehead atoms. The number of rotatable bonds is 2. The lowest BCUT2D eigenvalue weighted by Gasteiger charge is -2.13. The maximum atomic E-state index is 13.0. The van der Waals surface area contributed by atoms with Crippen molar-refractivity contribution in [3.05, 3.63) is 47.0 Å². The Morgan fingerprint density at radius 2 is 1.85 bits per heavy atom. The van der Waals surface area contributed by atoms with Gasteiger partial charge in [0.25, 0.3) is 0 Å². The maximum Gasteiger partial charge on any atom is 0.174 e. The minimum atomic E-state index is -1.53. The third kappa shape index (κ3) is 3.61. The number of Topliss-reactive ketones (excluding diaryl/α,β-unsaturated/α-hetero) is 1. The highest BCUT2D eigenvalue weighted by Crippen LogP contribution is 2.41. The standard InChI is InChI=1S/C21H22O4Si/c1-23-15-11-19(24-2)21-17(22)13-16-14(9-10-26(3,4)5)7-6-8-18(16)25-20(21)12-15/h6-8,11-12H,13H2,1-5H3. The van der Waals surface area contributed by atoms with Crippen molar-refractivity contribution in [1.82, 2.24) is 0 Å². The summed E-state index contributed by atoms with van der Waals surface area (Å²) in [6.07, 6.45) is 0.224. The van der Waals surface area contributed by atoms with Crippen molar-refractivity contribution in [3.63, 3.8) is 0 Å². The van der Waals surface area contributed by atoms with Gasteiger partial charge in [-0.3, -0.25) is 4.79 Å². The summed E-state index contributed by atoms with van der Waals surface area (Å²) >= 11 is 0. The van der Waals surface area contributed by atoms with Gasteiger partial charge in [0.05, 0.1) is 14.2 Å². The van der Waals surface area contributed by atoms with Crippen LogP contribution in [0.5, 0.6) is 23.0 Å². The molecule has 0 radical (unpaired) electrons. The van der Waals surface area contributed by atoms with Gasteiger partial charge in [-0.05, 0) is 12.1 Å². The zero-order valence-electron chi connectivity index (χ0n) is 15.7. The lowest BCUT2D eigenvalue weighted by atomic mass is 9.98. The molecular formula is C21H22O4Si. The van der Waals surface area contributed by atoms with E-state index in [0.29, 0.717) is 28.6 Å². The number of hydrogen-bond donors (Lipinski definition) is 0. The predicted molar refractivity (Wildman–Crippen MR) is 104 cm³/mol. The summed E-state index contributed by atoms with van der Waals surface area (Å²) in [6.45, 7) is 6.57. The van der Waals surface area contributed by atoms with Crippen LogP contribution in [0, 0.1) is 11.5 Å². The Hall–Kier alpha value is -2.71.